The first-order valence-electron chi connectivity index (χ1n) is 9.09. The smallest absolute Gasteiger partial charge is 0.266 e. The molecule has 1 aliphatic heterocycles. The highest BCUT2D eigenvalue weighted by Crippen LogP contribution is 2.34. The van der Waals surface area contributed by atoms with E-state index < -0.39 is 0 Å². The van der Waals surface area contributed by atoms with E-state index in [1.165, 1.54) is 22.9 Å². The molecule has 146 valence electrons. The Kier molecular flexibility index (Phi) is 7.43. The van der Waals surface area contributed by atoms with E-state index in [1.54, 1.807) is 11.8 Å². The van der Waals surface area contributed by atoms with Crippen molar-refractivity contribution < 1.29 is 4.79 Å². The van der Waals surface area contributed by atoms with Gasteiger partial charge in [-0.1, -0.05) is 34.1 Å². The maximum atomic E-state index is 13.0. The molecule has 2 aromatic carbocycles. The van der Waals surface area contributed by atoms with Gasteiger partial charge in [-0.3, -0.25) is 9.69 Å². The average molecular weight is 475 g/mol. The number of aliphatic imine (C=N–C) groups is 1. The van der Waals surface area contributed by atoms with E-state index in [0.29, 0.717) is 6.54 Å². The fraction of sp³-hybridized carbons (Fsp3) is 0.273. The molecule has 0 bridgehead atoms. The van der Waals surface area contributed by atoms with Crippen molar-refractivity contribution in [2.45, 2.75) is 20.3 Å². The number of hydrogen-bond donors (Lipinski definition) is 0. The van der Waals surface area contributed by atoms with Gasteiger partial charge in [-0.05, 0) is 91.1 Å². The molecule has 2 aromatic rings. The highest BCUT2D eigenvalue weighted by Gasteiger charge is 2.33. The molecule has 0 saturated carbocycles. The third-order valence-corrected chi connectivity index (χ3v) is 6.45. The van der Waals surface area contributed by atoms with Gasteiger partial charge in [0.15, 0.2) is 5.17 Å². The van der Waals surface area contributed by atoms with Gasteiger partial charge in [-0.25, -0.2) is 4.99 Å². The summed E-state index contributed by atoms with van der Waals surface area (Å²) in [4.78, 5) is 20.4. The van der Waals surface area contributed by atoms with Gasteiger partial charge in [-0.15, -0.1) is 0 Å². The third kappa shape index (κ3) is 5.52. The van der Waals surface area contributed by atoms with Gasteiger partial charge in [0, 0.05) is 11.0 Å². The van der Waals surface area contributed by atoms with Gasteiger partial charge >= 0.3 is 0 Å². The van der Waals surface area contributed by atoms with Crippen LogP contribution in [0.15, 0.2) is 56.8 Å². The zero-order valence-corrected chi connectivity index (χ0v) is 19.5. The average Bonchev–Trinajstić information content (AvgIpc) is 2.92. The van der Waals surface area contributed by atoms with Gasteiger partial charge in [-0.2, -0.15) is 11.8 Å². The van der Waals surface area contributed by atoms with Crippen molar-refractivity contribution in [2.75, 3.05) is 18.6 Å². The molecule has 0 atom stereocenters. The lowest BCUT2D eigenvalue weighted by Crippen LogP contribution is -2.30. The van der Waals surface area contributed by atoms with Crippen molar-refractivity contribution in [1.82, 2.24) is 4.90 Å². The van der Waals surface area contributed by atoms with Crippen molar-refractivity contribution in [1.29, 1.82) is 0 Å². The topological polar surface area (TPSA) is 32.7 Å². The Morgan fingerprint density at radius 2 is 1.82 bits per heavy atom. The van der Waals surface area contributed by atoms with Gasteiger partial charge in [0.05, 0.1) is 10.6 Å². The zero-order chi connectivity index (χ0) is 20.1. The first-order valence-corrected chi connectivity index (χ1v) is 12.1. The molecule has 1 fully saturated rings. The van der Waals surface area contributed by atoms with Crippen LogP contribution in [-0.2, 0) is 4.79 Å². The lowest BCUT2D eigenvalue weighted by molar-refractivity contribution is -0.122. The largest absolute Gasteiger partial charge is 0.286 e. The van der Waals surface area contributed by atoms with E-state index in [1.807, 2.05) is 35.2 Å². The van der Waals surface area contributed by atoms with E-state index in [2.05, 4.69) is 54.2 Å². The summed E-state index contributed by atoms with van der Waals surface area (Å²) in [6.45, 7) is 4.82. The van der Waals surface area contributed by atoms with Gasteiger partial charge in [0.25, 0.3) is 5.91 Å². The van der Waals surface area contributed by atoms with Crippen LogP contribution in [0.2, 0.25) is 0 Å². The van der Waals surface area contributed by atoms with Crippen LogP contribution in [0, 0.1) is 13.8 Å². The van der Waals surface area contributed by atoms with Crippen molar-refractivity contribution in [2.24, 2.45) is 4.99 Å². The minimum Gasteiger partial charge on any atom is -0.286 e. The Morgan fingerprint density at radius 3 is 2.46 bits per heavy atom. The van der Waals surface area contributed by atoms with Crippen LogP contribution >= 0.6 is 39.5 Å². The summed E-state index contributed by atoms with van der Waals surface area (Å²) in [5.41, 5.74) is 4.25. The number of aryl methyl sites for hydroxylation is 2. The molecule has 0 N–H and O–H groups in total. The second-order valence-electron chi connectivity index (χ2n) is 6.71. The molecule has 0 aromatic heterocycles. The van der Waals surface area contributed by atoms with Crippen LogP contribution in [0.4, 0.5) is 5.69 Å². The number of benzene rings is 2. The van der Waals surface area contributed by atoms with Gasteiger partial charge in [0.2, 0.25) is 0 Å². The van der Waals surface area contributed by atoms with Gasteiger partial charge < -0.3 is 0 Å². The summed E-state index contributed by atoms with van der Waals surface area (Å²) in [7, 11) is 0. The lowest BCUT2D eigenvalue weighted by atomic mass is 10.1. The molecule has 0 radical (unpaired) electrons. The Labute approximate surface area is 183 Å². The number of halogens is 1. The third-order valence-electron chi connectivity index (χ3n) is 4.22. The Bertz CT molecular complexity index is 902. The first-order chi connectivity index (χ1) is 13.5. The van der Waals surface area contributed by atoms with Crippen LogP contribution in [0.25, 0.3) is 6.08 Å². The second-order valence-corrected chi connectivity index (χ2v) is 9.62. The van der Waals surface area contributed by atoms with Crippen LogP contribution in [0.1, 0.15) is 23.1 Å². The van der Waals surface area contributed by atoms with Crippen LogP contribution < -0.4 is 0 Å². The number of rotatable bonds is 6. The van der Waals surface area contributed by atoms with E-state index in [0.717, 1.165) is 38.0 Å². The molecule has 6 heteroatoms. The highest BCUT2D eigenvalue weighted by molar-refractivity contribution is 9.10. The van der Waals surface area contributed by atoms with Crippen molar-refractivity contribution in [3.05, 3.63) is 68.5 Å². The summed E-state index contributed by atoms with van der Waals surface area (Å²) in [5, 5.41) is 0.763. The normalized spacial score (nSPS) is 17.1. The lowest BCUT2D eigenvalue weighted by Gasteiger charge is -2.15. The molecule has 0 aliphatic carbocycles. The number of carbonyl (C=O) groups is 1. The summed E-state index contributed by atoms with van der Waals surface area (Å²) < 4.78 is 1.02. The highest BCUT2D eigenvalue weighted by atomic mass is 79.9. The number of amidine groups is 1. The SMILES string of the molecule is CSCCCN1C(=O)/C(=C\c2ccc(Br)cc2)SC1=Nc1cc(C)cc(C)c1. The maximum Gasteiger partial charge on any atom is 0.266 e. The minimum atomic E-state index is 0.0390. The number of carbonyl (C=O) groups excluding carboxylic acids is 1. The summed E-state index contributed by atoms with van der Waals surface area (Å²) in [5.74, 6) is 1.06. The van der Waals surface area contributed by atoms with Crippen LogP contribution in [-0.4, -0.2) is 34.5 Å². The molecule has 1 aliphatic rings. The molecular formula is C22H23BrN2OS2. The molecule has 1 amide bonds. The molecule has 0 unspecified atom stereocenters. The van der Waals surface area contributed by atoms with Crippen LogP contribution in [0.3, 0.4) is 0 Å². The van der Waals surface area contributed by atoms with Gasteiger partial charge in [0.1, 0.15) is 0 Å². The van der Waals surface area contributed by atoms with E-state index in [4.69, 9.17) is 4.99 Å². The monoisotopic (exact) mass is 474 g/mol. The molecule has 3 nitrogen and oxygen atoms in total. The quantitative estimate of drug-likeness (QED) is 0.357. The minimum absolute atomic E-state index is 0.0390. The van der Waals surface area contributed by atoms with E-state index in [9.17, 15) is 4.79 Å². The predicted molar refractivity (Wildman–Crippen MR) is 127 cm³/mol. The molecule has 0 spiro atoms. The number of thioether (sulfide) groups is 2. The fourth-order valence-electron chi connectivity index (χ4n) is 2.99. The van der Waals surface area contributed by atoms with Crippen molar-refractivity contribution in [3.8, 4) is 0 Å². The number of nitrogens with zero attached hydrogens (tertiary/aromatic N) is 2. The number of hydrogen-bond acceptors (Lipinski definition) is 4. The Morgan fingerprint density at radius 1 is 1.14 bits per heavy atom. The van der Waals surface area contributed by atoms with Crippen LogP contribution in [0.5, 0.6) is 0 Å². The Balaban J connectivity index is 1.92. The molecule has 3 rings (SSSR count). The maximum absolute atomic E-state index is 13.0. The second kappa shape index (κ2) is 9.81. The standard InChI is InChI=1S/C22H23BrN2OS2/c1-15-11-16(2)13-19(12-15)24-22-25(9-4-10-27-3)21(26)20(28-22)14-17-5-7-18(23)8-6-17/h5-8,11-14H,4,9-10H2,1-3H3/b20-14+,24-22?. The molecule has 1 heterocycles. The number of amides is 1. The van der Waals surface area contributed by atoms with Crippen molar-refractivity contribution >= 4 is 62.3 Å². The molecular weight excluding hydrogens is 452 g/mol. The molecule has 28 heavy (non-hydrogen) atoms. The van der Waals surface area contributed by atoms with Crippen molar-refractivity contribution in [3.63, 3.8) is 0 Å². The first kappa shape index (κ1) is 21.2. The summed E-state index contributed by atoms with van der Waals surface area (Å²) >= 11 is 6.71. The van der Waals surface area contributed by atoms with E-state index >= 15 is 0 Å². The predicted octanol–water partition coefficient (Wildman–Crippen LogP) is 6.42. The van der Waals surface area contributed by atoms with E-state index in [-0.39, 0.29) is 5.91 Å². The zero-order valence-electron chi connectivity index (χ0n) is 16.2. The summed E-state index contributed by atoms with van der Waals surface area (Å²) in [6.07, 6.45) is 4.99. The molecule has 1 saturated heterocycles. The fourth-order valence-corrected chi connectivity index (χ4v) is 4.70. The Hall–Kier alpha value is -1.50. The summed E-state index contributed by atoms with van der Waals surface area (Å²) in [6, 6.07) is 14.2.